The fraction of sp³-hybridized carbons (Fsp3) is 0.692. The van der Waals surface area contributed by atoms with Crippen LogP contribution in [0.4, 0.5) is 5.69 Å². The van der Waals surface area contributed by atoms with Crippen molar-refractivity contribution in [2.24, 2.45) is 5.92 Å². The van der Waals surface area contributed by atoms with Crippen molar-refractivity contribution in [1.82, 2.24) is 9.78 Å². The molecule has 19 heavy (non-hydrogen) atoms. The van der Waals surface area contributed by atoms with E-state index < -0.39 is 0 Å². The third-order valence-electron chi connectivity index (χ3n) is 3.02. The molecule has 0 aliphatic heterocycles. The highest BCUT2D eigenvalue weighted by Gasteiger charge is 2.16. The number of halogens is 1. The van der Waals surface area contributed by atoms with Gasteiger partial charge in [0, 0.05) is 12.6 Å². The molecule has 1 rings (SSSR count). The van der Waals surface area contributed by atoms with Crippen molar-refractivity contribution < 1.29 is 5.11 Å². The van der Waals surface area contributed by atoms with E-state index in [1.165, 1.54) is 4.68 Å². The fourth-order valence-corrected chi connectivity index (χ4v) is 2.22. The Balaban J connectivity index is 3.02. The molecule has 0 aliphatic rings. The maximum Gasteiger partial charge on any atom is 0.283 e. The predicted molar refractivity (Wildman–Crippen MR) is 80.5 cm³/mol. The summed E-state index contributed by atoms with van der Waals surface area (Å²) >= 11 is 3.33. The van der Waals surface area contributed by atoms with Gasteiger partial charge < -0.3 is 10.4 Å². The molecule has 1 aromatic rings. The van der Waals surface area contributed by atoms with Gasteiger partial charge in [0.1, 0.15) is 4.47 Å². The smallest absolute Gasteiger partial charge is 0.283 e. The zero-order valence-corrected chi connectivity index (χ0v) is 13.4. The number of anilines is 1. The molecule has 5 nitrogen and oxygen atoms in total. The number of nitrogens with one attached hydrogen (secondary N) is 1. The number of rotatable bonds is 6. The number of aliphatic hydroxyl groups excluding tert-OH is 1. The number of hydrogen-bond acceptors (Lipinski definition) is 4. The predicted octanol–water partition coefficient (Wildman–Crippen LogP) is 2.41. The molecule has 1 aromatic heterocycles. The second-order valence-corrected chi connectivity index (χ2v) is 6.02. The van der Waals surface area contributed by atoms with Crippen LogP contribution in [0.1, 0.15) is 40.2 Å². The first-order valence-electron chi connectivity index (χ1n) is 6.53. The first-order chi connectivity index (χ1) is 8.88. The zero-order chi connectivity index (χ0) is 14.6. The number of nitrogens with zero attached hydrogens (tertiary/aromatic N) is 2. The molecule has 1 heterocycles. The summed E-state index contributed by atoms with van der Waals surface area (Å²) in [5.41, 5.74) is 0.528. The molecule has 6 heteroatoms. The van der Waals surface area contributed by atoms with E-state index in [9.17, 15) is 4.79 Å². The molecule has 0 aromatic carbocycles. The van der Waals surface area contributed by atoms with Crippen molar-refractivity contribution in [2.45, 2.75) is 46.2 Å². The van der Waals surface area contributed by atoms with Gasteiger partial charge in [-0.05, 0) is 42.1 Å². The Morgan fingerprint density at radius 2 is 2.05 bits per heavy atom. The van der Waals surface area contributed by atoms with Crippen molar-refractivity contribution in [2.75, 3.05) is 11.9 Å². The minimum Gasteiger partial charge on any atom is -0.396 e. The van der Waals surface area contributed by atoms with Gasteiger partial charge in [0.25, 0.3) is 5.56 Å². The average Bonchev–Trinajstić information content (AvgIpc) is 2.33. The van der Waals surface area contributed by atoms with E-state index in [1.807, 2.05) is 13.8 Å². The lowest BCUT2D eigenvalue weighted by Gasteiger charge is -2.23. The molecular weight excluding hydrogens is 310 g/mol. The van der Waals surface area contributed by atoms with Crippen LogP contribution in [0, 0.1) is 5.92 Å². The Morgan fingerprint density at radius 3 is 2.53 bits per heavy atom. The second-order valence-electron chi connectivity index (χ2n) is 5.22. The molecule has 108 valence electrons. The molecule has 0 aliphatic carbocycles. The monoisotopic (exact) mass is 331 g/mol. The molecule has 1 atom stereocenters. The summed E-state index contributed by atoms with van der Waals surface area (Å²) in [6.45, 7) is 8.09. The minimum absolute atomic E-state index is 0.0242. The van der Waals surface area contributed by atoms with Gasteiger partial charge >= 0.3 is 0 Å². The van der Waals surface area contributed by atoms with Gasteiger partial charge in [-0.2, -0.15) is 5.10 Å². The van der Waals surface area contributed by atoms with Gasteiger partial charge in [-0.25, -0.2) is 4.68 Å². The third kappa shape index (κ3) is 4.04. The highest BCUT2D eigenvalue weighted by Crippen LogP contribution is 2.21. The van der Waals surface area contributed by atoms with Crippen molar-refractivity contribution in [3.8, 4) is 0 Å². The summed E-state index contributed by atoms with van der Waals surface area (Å²) in [6, 6.07) is 0.133. The van der Waals surface area contributed by atoms with Crippen molar-refractivity contribution in [1.29, 1.82) is 0 Å². The maximum absolute atomic E-state index is 12.1. The summed E-state index contributed by atoms with van der Waals surface area (Å²) in [5, 5.41) is 16.5. The molecule has 0 saturated heterocycles. The van der Waals surface area contributed by atoms with Gasteiger partial charge in [0.15, 0.2) is 0 Å². The molecule has 0 radical (unpaired) electrons. The summed E-state index contributed by atoms with van der Waals surface area (Å²) in [5.74, 6) is 0.353. The van der Waals surface area contributed by atoms with Crippen LogP contribution in [-0.4, -0.2) is 27.5 Å². The molecular formula is C13H22BrN3O2. The number of aromatic nitrogens is 2. The largest absolute Gasteiger partial charge is 0.396 e. The summed E-state index contributed by atoms with van der Waals surface area (Å²) in [6.07, 6.45) is 2.29. The SMILES string of the molecule is CC(C)C(CCO)Nc1cnn(C(C)C)c(=O)c1Br. The zero-order valence-electron chi connectivity index (χ0n) is 11.9. The van der Waals surface area contributed by atoms with E-state index >= 15 is 0 Å². The lowest BCUT2D eigenvalue weighted by Crippen LogP contribution is -2.30. The Hall–Kier alpha value is -0.880. The van der Waals surface area contributed by atoms with E-state index in [-0.39, 0.29) is 24.2 Å². The average molecular weight is 332 g/mol. The van der Waals surface area contributed by atoms with Crippen molar-refractivity contribution in [3.05, 3.63) is 21.0 Å². The van der Waals surface area contributed by atoms with Gasteiger partial charge in [-0.15, -0.1) is 0 Å². The van der Waals surface area contributed by atoms with E-state index in [2.05, 4.69) is 40.2 Å². The van der Waals surface area contributed by atoms with Crippen LogP contribution in [-0.2, 0) is 0 Å². The van der Waals surface area contributed by atoms with Crippen molar-refractivity contribution >= 4 is 21.6 Å². The highest BCUT2D eigenvalue weighted by molar-refractivity contribution is 9.10. The van der Waals surface area contributed by atoms with Crippen LogP contribution >= 0.6 is 15.9 Å². The van der Waals surface area contributed by atoms with Crippen LogP contribution < -0.4 is 10.9 Å². The number of hydrogen-bond donors (Lipinski definition) is 2. The first-order valence-corrected chi connectivity index (χ1v) is 7.32. The Bertz CT molecular complexity index is 471. The molecule has 0 spiro atoms. The topological polar surface area (TPSA) is 67.2 Å². The molecule has 0 fully saturated rings. The van der Waals surface area contributed by atoms with E-state index in [4.69, 9.17) is 5.11 Å². The quantitative estimate of drug-likeness (QED) is 0.839. The van der Waals surface area contributed by atoms with Gasteiger partial charge in [0.2, 0.25) is 0 Å². The van der Waals surface area contributed by atoms with Gasteiger partial charge in [0.05, 0.1) is 17.9 Å². The van der Waals surface area contributed by atoms with Crippen LogP contribution in [0.5, 0.6) is 0 Å². The summed E-state index contributed by atoms with van der Waals surface area (Å²) < 4.78 is 1.92. The van der Waals surface area contributed by atoms with Gasteiger partial charge in [-0.3, -0.25) is 4.79 Å². The Kier molecular flexibility index (Phi) is 6.00. The van der Waals surface area contributed by atoms with Gasteiger partial charge in [-0.1, -0.05) is 13.8 Å². The lowest BCUT2D eigenvalue weighted by molar-refractivity contribution is 0.267. The fourth-order valence-electron chi connectivity index (χ4n) is 1.82. The third-order valence-corrected chi connectivity index (χ3v) is 3.78. The molecule has 0 bridgehead atoms. The normalized spacial score (nSPS) is 13.1. The molecule has 0 saturated carbocycles. The molecule has 1 unspecified atom stereocenters. The Morgan fingerprint density at radius 1 is 1.42 bits per heavy atom. The van der Waals surface area contributed by atoms with Crippen LogP contribution in [0.2, 0.25) is 0 Å². The van der Waals surface area contributed by atoms with Crippen molar-refractivity contribution in [3.63, 3.8) is 0 Å². The summed E-state index contributed by atoms with van der Waals surface area (Å²) in [7, 11) is 0. The number of aliphatic hydroxyl groups is 1. The maximum atomic E-state index is 12.1. The highest BCUT2D eigenvalue weighted by atomic mass is 79.9. The van der Waals surface area contributed by atoms with E-state index in [0.717, 1.165) is 0 Å². The lowest BCUT2D eigenvalue weighted by atomic mass is 10.0. The first kappa shape index (κ1) is 16.2. The molecule has 2 N–H and O–H groups in total. The molecule has 0 amide bonds. The van der Waals surface area contributed by atoms with Crippen LogP contribution in [0.3, 0.4) is 0 Å². The second kappa shape index (κ2) is 7.05. The summed E-state index contributed by atoms with van der Waals surface area (Å²) in [4.78, 5) is 12.1. The van der Waals surface area contributed by atoms with Crippen LogP contribution in [0.15, 0.2) is 15.5 Å². The standard InChI is InChI=1S/C13H22BrN3O2/c1-8(2)10(5-6-18)16-11-7-15-17(9(3)4)13(19)12(11)14/h7-10,16,18H,5-6H2,1-4H3. The Labute approximate surface area is 122 Å². The minimum atomic E-state index is -0.147. The van der Waals surface area contributed by atoms with E-state index in [0.29, 0.717) is 22.5 Å². The van der Waals surface area contributed by atoms with E-state index in [1.54, 1.807) is 6.20 Å². The van der Waals surface area contributed by atoms with Crippen LogP contribution in [0.25, 0.3) is 0 Å².